The lowest BCUT2D eigenvalue weighted by Crippen LogP contribution is -2.41. The third-order valence-corrected chi connectivity index (χ3v) is 8.64. The molecule has 3 saturated carbocycles. The quantitative estimate of drug-likeness (QED) is 0.490. The fraction of sp³-hybridized carbons (Fsp3) is 1.00. The Labute approximate surface area is 157 Å². The Balaban J connectivity index is 1.30. The van der Waals surface area contributed by atoms with Crippen molar-refractivity contribution in [2.24, 2.45) is 23.7 Å². The van der Waals surface area contributed by atoms with Gasteiger partial charge in [-0.3, -0.25) is 0 Å². The summed E-state index contributed by atoms with van der Waals surface area (Å²) >= 11 is 0. The van der Waals surface area contributed by atoms with Crippen LogP contribution >= 0.6 is 0 Å². The molecule has 2 atom stereocenters. The molecule has 2 unspecified atom stereocenters. The maximum atomic E-state index is 2.89. The average Bonchev–Trinajstić information content (AvgIpc) is 2.54. The van der Waals surface area contributed by atoms with Crippen LogP contribution in [0.5, 0.6) is 0 Å². The van der Waals surface area contributed by atoms with Crippen molar-refractivity contribution in [2.75, 3.05) is 13.1 Å². The summed E-state index contributed by atoms with van der Waals surface area (Å²) in [6.45, 7) is 2.83. The van der Waals surface area contributed by atoms with E-state index in [0.717, 1.165) is 29.7 Å². The van der Waals surface area contributed by atoms with Gasteiger partial charge < -0.3 is 4.90 Å². The van der Waals surface area contributed by atoms with Crippen molar-refractivity contribution in [3.63, 3.8) is 0 Å². The Morgan fingerprint density at radius 3 is 1.32 bits per heavy atom. The fourth-order valence-corrected chi connectivity index (χ4v) is 6.04. The van der Waals surface area contributed by atoms with Gasteiger partial charge in [0.15, 0.2) is 0 Å². The highest BCUT2D eigenvalue weighted by Gasteiger charge is 2.30. The molecule has 0 bridgehead atoms. The zero-order chi connectivity index (χ0) is 16.9. The normalized spacial score (nSPS) is 33.6. The van der Waals surface area contributed by atoms with E-state index in [-0.39, 0.29) is 0 Å². The smallest absolute Gasteiger partial charge is 0.00952 e. The highest BCUT2D eigenvalue weighted by atomic mass is 15.2. The number of rotatable bonds is 7. The van der Waals surface area contributed by atoms with Crippen LogP contribution in [0.15, 0.2) is 0 Å². The van der Waals surface area contributed by atoms with E-state index in [9.17, 15) is 0 Å². The van der Waals surface area contributed by atoms with Gasteiger partial charge in [-0.15, -0.1) is 0 Å². The summed E-state index contributed by atoms with van der Waals surface area (Å²) in [6.07, 6.45) is 26.1. The molecule has 144 valence electrons. The summed E-state index contributed by atoms with van der Waals surface area (Å²) in [7, 11) is 0. The van der Waals surface area contributed by atoms with Gasteiger partial charge in [0.2, 0.25) is 0 Å². The van der Waals surface area contributed by atoms with Crippen molar-refractivity contribution in [3.05, 3.63) is 0 Å². The van der Waals surface area contributed by atoms with Crippen LogP contribution in [-0.2, 0) is 0 Å². The van der Waals surface area contributed by atoms with Gasteiger partial charge in [-0.1, -0.05) is 57.8 Å². The minimum Gasteiger partial charge on any atom is -0.300 e. The van der Waals surface area contributed by atoms with Crippen LogP contribution in [0.4, 0.5) is 0 Å². The fourth-order valence-electron chi connectivity index (χ4n) is 6.04. The van der Waals surface area contributed by atoms with Crippen molar-refractivity contribution >= 4 is 0 Å². The Morgan fingerprint density at radius 2 is 0.960 bits per heavy atom. The van der Waals surface area contributed by atoms with Gasteiger partial charge in [0, 0.05) is 6.04 Å². The third kappa shape index (κ3) is 5.02. The van der Waals surface area contributed by atoms with Crippen LogP contribution in [0, 0.1) is 23.7 Å². The van der Waals surface area contributed by atoms with Crippen molar-refractivity contribution in [3.8, 4) is 0 Å². The topological polar surface area (TPSA) is 3.24 Å². The molecule has 0 N–H and O–H groups in total. The first-order chi connectivity index (χ1) is 12.4. The van der Waals surface area contributed by atoms with Gasteiger partial charge in [0.1, 0.15) is 0 Å². The monoisotopic (exact) mass is 345 g/mol. The first-order valence-corrected chi connectivity index (χ1v) is 12.1. The molecule has 3 aliphatic carbocycles. The largest absolute Gasteiger partial charge is 0.300 e. The first-order valence-electron chi connectivity index (χ1n) is 12.1. The summed E-state index contributed by atoms with van der Waals surface area (Å²) in [5, 5.41) is 0. The van der Waals surface area contributed by atoms with E-state index in [1.54, 1.807) is 64.2 Å². The second kappa shape index (κ2) is 9.25. The van der Waals surface area contributed by atoms with E-state index in [2.05, 4.69) is 4.90 Å². The molecule has 1 nitrogen and oxygen atoms in total. The number of hydrogen-bond donors (Lipinski definition) is 0. The van der Waals surface area contributed by atoms with Crippen LogP contribution in [0.2, 0.25) is 0 Å². The zero-order valence-electron chi connectivity index (χ0n) is 16.8. The minimum absolute atomic E-state index is 0.972. The standard InChI is InChI=1S/C24H43N/c1-6-20(7-1)14-16-22-10-4-18-25(24-12-3-13-24)19-5-11-23(22)17-15-21-8-2-9-21/h20-24H,1-19H2. The average molecular weight is 346 g/mol. The van der Waals surface area contributed by atoms with E-state index < -0.39 is 0 Å². The molecule has 4 fully saturated rings. The maximum Gasteiger partial charge on any atom is 0.00952 e. The predicted molar refractivity (Wildman–Crippen MR) is 108 cm³/mol. The lowest BCUT2D eigenvalue weighted by molar-refractivity contribution is 0.124. The summed E-state index contributed by atoms with van der Waals surface area (Å²) in [5.74, 6) is 4.38. The third-order valence-electron chi connectivity index (χ3n) is 8.64. The molecule has 25 heavy (non-hydrogen) atoms. The highest BCUT2D eigenvalue weighted by Crippen LogP contribution is 2.40. The Bertz CT molecular complexity index is 350. The van der Waals surface area contributed by atoms with Crippen molar-refractivity contribution in [2.45, 2.75) is 115 Å². The Kier molecular flexibility index (Phi) is 6.78. The van der Waals surface area contributed by atoms with Gasteiger partial charge in [0.25, 0.3) is 0 Å². The minimum atomic E-state index is 0.972. The van der Waals surface area contributed by atoms with Crippen LogP contribution in [-0.4, -0.2) is 24.0 Å². The molecule has 0 aromatic heterocycles. The molecule has 1 aliphatic heterocycles. The van der Waals surface area contributed by atoms with Crippen molar-refractivity contribution in [1.82, 2.24) is 4.90 Å². The van der Waals surface area contributed by atoms with Gasteiger partial charge in [-0.2, -0.15) is 0 Å². The van der Waals surface area contributed by atoms with Crippen LogP contribution in [0.3, 0.4) is 0 Å². The first kappa shape index (κ1) is 18.3. The summed E-state index contributed by atoms with van der Waals surface area (Å²) in [4.78, 5) is 2.89. The second-order valence-electron chi connectivity index (χ2n) is 10.2. The van der Waals surface area contributed by atoms with E-state index in [0.29, 0.717) is 0 Å². The molecule has 0 spiro atoms. The van der Waals surface area contributed by atoms with Crippen molar-refractivity contribution in [1.29, 1.82) is 0 Å². The molecule has 1 heterocycles. The molecule has 0 aromatic carbocycles. The van der Waals surface area contributed by atoms with E-state index in [4.69, 9.17) is 0 Å². The second-order valence-corrected chi connectivity index (χ2v) is 10.2. The van der Waals surface area contributed by atoms with E-state index in [1.165, 1.54) is 58.0 Å². The molecule has 4 aliphatic rings. The van der Waals surface area contributed by atoms with Gasteiger partial charge in [-0.25, -0.2) is 0 Å². The molecular weight excluding hydrogens is 302 g/mol. The number of hydrogen-bond acceptors (Lipinski definition) is 1. The molecule has 1 heteroatoms. The van der Waals surface area contributed by atoms with Gasteiger partial charge in [0.05, 0.1) is 0 Å². The summed E-state index contributed by atoms with van der Waals surface area (Å²) < 4.78 is 0. The van der Waals surface area contributed by atoms with Gasteiger partial charge >= 0.3 is 0 Å². The molecule has 0 aromatic rings. The van der Waals surface area contributed by atoms with Crippen LogP contribution < -0.4 is 0 Å². The zero-order valence-corrected chi connectivity index (χ0v) is 16.8. The lowest BCUT2D eigenvalue weighted by Gasteiger charge is -2.37. The lowest BCUT2D eigenvalue weighted by atomic mass is 9.73. The molecular formula is C24H43N. The molecule has 0 radical (unpaired) electrons. The predicted octanol–water partition coefficient (Wildman–Crippen LogP) is 6.81. The SMILES string of the molecule is C1CC(CCC2CCCN(C3CCC3)CCCC2CCC2CCC2)C1. The van der Waals surface area contributed by atoms with Crippen LogP contribution in [0.1, 0.15) is 109 Å². The summed E-state index contributed by atoms with van der Waals surface area (Å²) in [6, 6.07) is 0.972. The molecule has 4 rings (SSSR count). The molecule has 1 saturated heterocycles. The Morgan fingerprint density at radius 1 is 0.480 bits per heavy atom. The van der Waals surface area contributed by atoms with E-state index >= 15 is 0 Å². The van der Waals surface area contributed by atoms with Crippen molar-refractivity contribution < 1.29 is 0 Å². The van der Waals surface area contributed by atoms with Crippen LogP contribution in [0.25, 0.3) is 0 Å². The number of nitrogens with zero attached hydrogens (tertiary/aromatic N) is 1. The van der Waals surface area contributed by atoms with Gasteiger partial charge in [-0.05, 0) is 88.1 Å². The van der Waals surface area contributed by atoms with E-state index in [1.807, 2.05) is 0 Å². The highest BCUT2D eigenvalue weighted by molar-refractivity contribution is 4.83. The Hall–Kier alpha value is -0.0400. The maximum absolute atomic E-state index is 2.89. The molecule has 0 amide bonds. The summed E-state index contributed by atoms with van der Waals surface area (Å²) in [5.41, 5.74) is 0.